The number of hydrogen-bond donors (Lipinski definition) is 1. The van der Waals surface area contributed by atoms with Crippen LogP contribution in [-0.2, 0) is 6.54 Å². The molecule has 1 aliphatic carbocycles. The summed E-state index contributed by atoms with van der Waals surface area (Å²) in [5, 5.41) is 3.47. The van der Waals surface area contributed by atoms with Gasteiger partial charge in [0.2, 0.25) is 0 Å². The Morgan fingerprint density at radius 3 is 2.62 bits per heavy atom. The fourth-order valence-electron chi connectivity index (χ4n) is 3.10. The van der Waals surface area contributed by atoms with Crippen molar-refractivity contribution in [2.24, 2.45) is 11.8 Å². The van der Waals surface area contributed by atoms with E-state index in [-0.39, 0.29) is 0 Å². The van der Waals surface area contributed by atoms with Crippen LogP contribution in [0.25, 0.3) is 0 Å². The summed E-state index contributed by atoms with van der Waals surface area (Å²) in [6.07, 6.45) is 6.87. The smallest absolute Gasteiger partial charge is 0.119 e. The van der Waals surface area contributed by atoms with Crippen LogP contribution in [0.2, 0.25) is 0 Å². The average molecular weight is 289 g/mol. The minimum Gasteiger partial charge on any atom is -0.490 e. The average Bonchev–Trinajstić information content (AvgIpc) is 2.49. The molecular formula is C19H31NO. The van der Waals surface area contributed by atoms with Gasteiger partial charge in [-0.05, 0) is 55.3 Å². The summed E-state index contributed by atoms with van der Waals surface area (Å²) in [6, 6.07) is 8.62. The van der Waals surface area contributed by atoms with Crippen molar-refractivity contribution in [1.82, 2.24) is 5.32 Å². The van der Waals surface area contributed by atoms with Crippen molar-refractivity contribution < 1.29 is 4.74 Å². The quantitative estimate of drug-likeness (QED) is 0.780. The summed E-state index contributed by atoms with van der Waals surface area (Å²) in [5.41, 5.74) is 1.33. The van der Waals surface area contributed by atoms with Gasteiger partial charge in [0.15, 0.2) is 0 Å². The predicted octanol–water partition coefficient (Wildman–Crippen LogP) is 4.78. The number of benzene rings is 1. The van der Waals surface area contributed by atoms with Gasteiger partial charge in [0.25, 0.3) is 0 Å². The van der Waals surface area contributed by atoms with Gasteiger partial charge in [0.05, 0.1) is 6.10 Å². The van der Waals surface area contributed by atoms with E-state index in [1.807, 2.05) is 0 Å². The normalized spacial score (nSPS) is 22.5. The molecule has 0 aliphatic heterocycles. The Kier molecular flexibility index (Phi) is 6.56. The molecule has 2 unspecified atom stereocenters. The van der Waals surface area contributed by atoms with E-state index in [1.165, 1.54) is 37.7 Å². The van der Waals surface area contributed by atoms with Gasteiger partial charge in [-0.15, -0.1) is 0 Å². The Hall–Kier alpha value is -1.02. The fraction of sp³-hybridized carbons (Fsp3) is 0.684. The lowest BCUT2D eigenvalue weighted by atomic mass is 9.85. The van der Waals surface area contributed by atoms with Crippen molar-refractivity contribution in [3.05, 3.63) is 29.8 Å². The van der Waals surface area contributed by atoms with Gasteiger partial charge < -0.3 is 10.1 Å². The zero-order valence-electron chi connectivity index (χ0n) is 13.9. The lowest BCUT2D eigenvalue weighted by Crippen LogP contribution is -2.25. The van der Waals surface area contributed by atoms with E-state index in [0.717, 1.165) is 24.8 Å². The zero-order valence-corrected chi connectivity index (χ0v) is 13.9. The summed E-state index contributed by atoms with van der Waals surface area (Å²) >= 11 is 0. The fourth-order valence-corrected chi connectivity index (χ4v) is 3.10. The molecule has 2 rings (SSSR count). The molecule has 2 heteroatoms. The largest absolute Gasteiger partial charge is 0.490 e. The van der Waals surface area contributed by atoms with Crippen LogP contribution >= 0.6 is 0 Å². The van der Waals surface area contributed by atoms with E-state index in [0.29, 0.717) is 12.0 Å². The van der Waals surface area contributed by atoms with Crippen molar-refractivity contribution in [3.63, 3.8) is 0 Å². The summed E-state index contributed by atoms with van der Waals surface area (Å²) < 4.78 is 6.16. The number of hydrogen-bond acceptors (Lipinski definition) is 2. The topological polar surface area (TPSA) is 21.3 Å². The first-order valence-electron chi connectivity index (χ1n) is 8.63. The van der Waals surface area contributed by atoms with E-state index < -0.39 is 0 Å². The molecular weight excluding hydrogens is 258 g/mol. The monoisotopic (exact) mass is 289 g/mol. The van der Waals surface area contributed by atoms with Gasteiger partial charge in [0, 0.05) is 6.54 Å². The molecule has 1 N–H and O–H groups in total. The van der Waals surface area contributed by atoms with Crippen LogP contribution in [0, 0.1) is 11.8 Å². The highest BCUT2D eigenvalue weighted by atomic mass is 16.5. The first-order valence-corrected chi connectivity index (χ1v) is 8.63. The molecule has 0 saturated heterocycles. The number of rotatable bonds is 7. The number of nitrogens with one attached hydrogen (secondary N) is 1. The molecule has 1 saturated carbocycles. The van der Waals surface area contributed by atoms with E-state index in [4.69, 9.17) is 4.74 Å². The Bertz CT molecular complexity index is 399. The summed E-state index contributed by atoms with van der Waals surface area (Å²) in [4.78, 5) is 0. The number of ether oxygens (including phenoxy) is 1. The molecule has 0 bridgehead atoms. The van der Waals surface area contributed by atoms with E-state index in [1.54, 1.807) is 0 Å². The van der Waals surface area contributed by atoms with Crippen LogP contribution in [0.5, 0.6) is 5.75 Å². The molecule has 0 radical (unpaired) electrons. The van der Waals surface area contributed by atoms with Crippen LogP contribution in [0.3, 0.4) is 0 Å². The van der Waals surface area contributed by atoms with Crippen LogP contribution in [-0.4, -0.2) is 12.6 Å². The lowest BCUT2D eigenvalue weighted by Gasteiger charge is -2.29. The highest BCUT2D eigenvalue weighted by Gasteiger charge is 2.21. The molecule has 0 spiro atoms. The molecule has 1 fully saturated rings. The van der Waals surface area contributed by atoms with Crippen molar-refractivity contribution >= 4 is 0 Å². The van der Waals surface area contributed by atoms with Crippen LogP contribution in [0.15, 0.2) is 24.3 Å². The third kappa shape index (κ3) is 5.70. The summed E-state index contributed by atoms with van der Waals surface area (Å²) in [6.45, 7) is 8.78. The SMILES string of the molecule is CCC1CCCC(Oc2ccc(CNCC(C)C)cc2)C1. The summed E-state index contributed by atoms with van der Waals surface area (Å²) in [7, 11) is 0. The first-order chi connectivity index (χ1) is 10.2. The molecule has 21 heavy (non-hydrogen) atoms. The maximum atomic E-state index is 6.16. The second-order valence-corrected chi connectivity index (χ2v) is 6.85. The third-order valence-corrected chi connectivity index (χ3v) is 4.42. The standard InChI is InChI=1S/C19H31NO/c1-4-16-6-5-7-19(12-16)21-18-10-8-17(9-11-18)14-20-13-15(2)3/h8-11,15-16,19-20H,4-7,12-14H2,1-3H3. The molecule has 0 aromatic heterocycles. The van der Waals surface area contributed by atoms with E-state index in [2.05, 4.69) is 50.4 Å². The van der Waals surface area contributed by atoms with Gasteiger partial charge in [-0.25, -0.2) is 0 Å². The first kappa shape index (κ1) is 16.4. The lowest BCUT2D eigenvalue weighted by molar-refractivity contribution is 0.122. The Morgan fingerprint density at radius 2 is 1.95 bits per heavy atom. The minimum atomic E-state index is 0.425. The van der Waals surface area contributed by atoms with Gasteiger partial charge in [-0.2, -0.15) is 0 Å². The van der Waals surface area contributed by atoms with Crippen molar-refractivity contribution in [2.45, 2.75) is 65.5 Å². The van der Waals surface area contributed by atoms with Crippen molar-refractivity contribution in [2.75, 3.05) is 6.54 Å². The van der Waals surface area contributed by atoms with Crippen molar-refractivity contribution in [1.29, 1.82) is 0 Å². The highest BCUT2D eigenvalue weighted by molar-refractivity contribution is 5.27. The van der Waals surface area contributed by atoms with Gasteiger partial charge in [-0.3, -0.25) is 0 Å². The molecule has 1 aromatic rings. The van der Waals surface area contributed by atoms with Gasteiger partial charge >= 0.3 is 0 Å². The second kappa shape index (κ2) is 8.43. The molecule has 0 amide bonds. The molecule has 2 nitrogen and oxygen atoms in total. The predicted molar refractivity (Wildman–Crippen MR) is 89.7 cm³/mol. The van der Waals surface area contributed by atoms with Gasteiger partial charge in [-0.1, -0.05) is 45.7 Å². The Balaban J connectivity index is 1.79. The highest BCUT2D eigenvalue weighted by Crippen LogP contribution is 2.29. The van der Waals surface area contributed by atoms with Crippen LogP contribution in [0.1, 0.15) is 58.4 Å². The van der Waals surface area contributed by atoms with Crippen LogP contribution in [0.4, 0.5) is 0 Å². The maximum Gasteiger partial charge on any atom is 0.119 e. The Labute approximate surface area is 130 Å². The molecule has 118 valence electrons. The Morgan fingerprint density at radius 1 is 1.19 bits per heavy atom. The molecule has 2 atom stereocenters. The zero-order chi connectivity index (χ0) is 15.1. The minimum absolute atomic E-state index is 0.425. The van der Waals surface area contributed by atoms with E-state index in [9.17, 15) is 0 Å². The van der Waals surface area contributed by atoms with E-state index >= 15 is 0 Å². The van der Waals surface area contributed by atoms with Crippen molar-refractivity contribution in [3.8, 4) is 5.75 Å². The molecule has 1 aliphatic rings. The van der Waals surface area contributed by atoms with Crippen LogP contribution < -0.4 is 10.1 Å². The second-order valence-electron chi connectivity index (χ2n) is 6.85. The summed E-state index contributed by atoms with van der Waals surface area (Å²) in [5.74, 6) is 2.60. The molecule has 0 heterocycles. The molecule has 1 aromatic carbocycles. The maximum absolute atomic E-state index is 6.16. The third-order valence-electron chi connectivity index (χ3n) is 4.42. The van der Waals surface area contributed by atoms with Gasteiger partial charge in [0.1, 0.15) is 5.75 Å².